The molecule has 7 nitrogen and oxygen atoms in total. The Balaban J connectivity index is 2.07. The summed E-state index contributed by atoms with van der Waals surface area (Å²) in [6.45, 7) is 6.73. The number of unbranched alkanes of at least 4 members (excludes halogenated alkanes) is 3. The lowest BCUT2D eigenvalue weighted by atomic mass is 10.1. The molecule has 1 N–H and O–H groups in total. The number of rotatable bonds is 13. The van der Waals surface area contributed by atoms with Gasteiger partial charge in [0.1, 0.15) is 0 Å². The molecular weight excluding hydrogens is 346 g/mol. The maximum absolute atomic E-state index is 11.3. The summed E-state index contributed by atoms with van der Waals surface area (Å²) in [6, 6.07) is 0. The molecule has 1 fully saturated rings. The van der Waals surface area contributed by atoms with E-state index in [9.17, 15) is 4.79 Å². The average molecular weight is 386 g/mol. The number of nitrogens with one attached hydrogen (secondary N) is 1. The molecule has 0 aromatic rings. The number of guanidine groups is 1. The number of likely N-dealkylation sites (tertiary alicyclic amines) is 1. The third kappa shape index (κ3) is 11.2. The predicted octanol–water partition coefficient (Wildman–Crippen LogP) is 2.59. The van der Waals surface area contributed by atoms with Crippen LogP contribution in [0.5, 0.6) is 0 Å². The van der Waals surface area contributed by atoms with Crippen molar-refractivity contribution in [2.45, 2.75) is 64.4 Å². The van der Waals surface area contributed by atoms with Gasteiger partial charge in [-0.05, 0) is 39.0 Å². The lowest BCUT2D eigenvalue weighted by molar-refractivity contribution is -0.143. The van der Waals surface area contributed by atoms with E-state index in [1.165, 1.54) is 0 Å². The van der Waals surface area contributed by atoms with Crippen LogP contribution in [0.1, 0.15) is 58.3 Å². The van der Waals surface area contributed by atoms with Crippen LogP contribution in [0, 0.1) is 0 Å². The number of hydrogen-bond donors (Lipinski definition) is 1. The highest BCUT2D eigenvalue weighted by molar-refractivity contribution is 5.79. The molecule has 1 heterocycles. The number of esters is 1. The Bertz CT molecular complexity index is 410. The zero-order chi connectivity index (χ0) is 19.7. The first kappa shape index (κ1) is 23.7. The topological polar surface area (TPSA) is 72.4 Å². The van der Waals surface area contributed by atoms with Gasteiger partial charge < -0.3 is 24.4 Å². The summed E-state index contributed by atoms with van der Waals surface area (Å²) in [5.41, 5.74) is 0. The Morgan fingerprint density at radius 2 is 1.85 bits per heavy atom. The summed E-state index contributed by atoms with van der Waals surface area (Å²) in [5, 5.41) is 3.46. The third-order valence-corrected chi connectivity index (χ3v) is 4.70. The van der Waals surface area contributed by atoms with Crippen LogP contribution in [0.4, 0.5) is 0 Å². The van der Waals surface area contributed by atoms with Crippen molar-refractivity contribution in [3.8, 4) is 0 Å². The molecule has 0 amide bonds. The highest BCUT2D eigenvalue weighted by Gasteiger charge is 2.21. The molecule has 0 bridgehead atoms. The van der Waals surface area contributed by atoms with Gasteiger partial charge in [0.2, 0.25) is 0 Å². The molecule has 0 saturated carbocycles. The molecule has 27 heavy (non-hydrogen) atoms. The fraction of sp³-hybridized carbons (Fsp3) is 0.900. The largest absolute Gasteiger partial charge is 0.466 e. The number of aliphatic imine (C=N–C) groups is 1. The number of piperidine rings is 1. The SMILES string of the molecule is CCOC(=O)CCCCCCNC(=NC)N1CCC(OCCCOC)CC1. The van der Waals surface area contributed by atoms with Gasteiger partial charge in [-0.3, -0.25) is 9.79 Å². The van der Waals surface area contributed by atoms with Gasteiger partial charge in [-0.25, -0.2) is 0 Å². The summed E-state index contributed by atoms with van der Waals surface area (Å²) < 4.78 is 15.9. The number of carbonyl (C=O) groups excluding carboxylic acids is 1. The first-order valence-electron chi connectivity index (χ1n) is 10.4. The van der Waals surface area contributed by atoms with Gasteiger partial charge in [-0.15, -0.1) is 0 Å². The standard InChI is InChI=1S/C20H39N3O4/c1-4-26-19(24)10-7-5-6-8-13-22-20(21-2)23-14-11-18(12-15-23)27-17-9-16-25-3/h18H,4-17H2,1-3H3,(H,21,22). The molecule has 0 aromatic heterocycles. The normalized spacial score (nSPS) is 15.8. The smallest absolute Gasteiger partial charge is 0.305 e. The van der Waals surface area contributed by atoms with Gasteiger partial charge in [0, 0.05) is 53.4 Å². The zero-order valence-electron chi connectivity index (χ0n) is 17.5. The second-order valence-corrected chi connectivity index (χ2v) is 6.85. The van der Waals surface area contributed by atoms with Gasteiger partial charge >= 0.3 is 5.97 Å². The first-order valence-corrected chi connectivity index (χ1v) is 10.4. The van der Waals surface area contributed by atoms with Crippen LogP contribution >= 0.6 is 0 Å². The average Bonchev–Trinajstić information content (AvgIpc) is 2.68. The van der Waals surface area contributed by atoms with Crippen LogP contribution in [-0.2, 0) is 19.0 Å². The molecule has 1 rings (SSSR count). The second kappa shape index (κ2) is 15.7. The van der Waals surface area contributed by atoms with E-state index in [1.807, 2.05) is 14.0 Å². The number of hydrogen-bond acceptors (Lipinski definition) is 5. The van der Waals surface area contributed by atoms with E-state index >= 15 is 0 Å². The molecule has 0 spiro atoms. The summed E-state index contributed by atoms with van der Waals surface area (Å²) in [6.07, 6.45) is 8.10. The molecule has 0 aliphatic carbocycles. The summed E-state index contributed by atoms with van der Waals surface area (Å²) in [7, 11) is 3.57. The Hall–Kier alpha value is -1.34. The van der Waals surface area contributed by atoms with Crippen molar-refractivity contribution in [1.29, 1.82) is 0 Å². The van der Waals surface area contributed by atoms with Crippen molar-refractivity contribution in [3.05, 3.63) is 0 Å². The fourth-order valence-corrected chi connectivity index (χ4v) is 3.20. The molecule has 1 aliphatic heterocycles. The van der Waals surface area contributed by atoms with Gasteiger partial charge in [0.15, 0.2) is 5.96 Å². The minimum absolute atomic E-state index is 0.0814. The van der Waals surface area contributed by atoms with Gasteiger partial charge in [-0.2, -0.15) is 0 Å². The maximum Gasteiger partial charge on any atom is 0.305 e. The van der Waals surface area contributed by atoms with E-state index in [1.54, 1.807) is 7.11 Å². The number of methoxy groups -OCH3 is 1. The second-order valence-electron chi connectivity index (χ2n) is 6.85. The van der Waals surface area contributed by atoms with Crippen LogP contribution in [0.15, 0.2) is 4.99 Å². The molecule has 1 aliphatic rings. The zero-order valence-corrected chi connectivity index (χ0v) is 17.5. The van der Waals surface area contributed by atoms with Crippen molar-refractivity contribution in [1.82, 2.24) is 10.2 Å². The lowest BCUT2D eigenvalue weighted by Gasteiger charge is -2.34. The van der Waals surface area contributed by atoms with Gasteiger partial charge in [0.05, 0.1) is 12.7 Å². The number of nitrogens with zero attached hydrogens (tertiary/aromatic N) is 2. The van der Waals surface area contributed by atoms with Crippen LogP contribution in [-0.4, -0.2) is 76.5 Å². The molecule has 0 unspecified atom stereocenters. The summed E-state index contributed by atoms with van der Waals surface area (Å²) in [5.74, 6) is 0.904. The first-order chi connectivity index (χ1) is 13.2. The maximum atomic E-state index is 11.3. The van der Waals surface area contributed by atoms with Crippen molar-refractivity contribution in [3.63, 3.8) is 0 Å². The van der Waals surface area contributed by atoms with Crippen molar-refractivity contribution < 1.29 is 19.0 Å². The van der Waals surface area contributed by atoms with E-state index in [0.717, 1.165) is 83.8 Å². The molecule has 7 heteroatoms. The van der Waals surface area contributed by atoms with Crippen LogP contribution in [0.25, 0.3) is 0 Å². The van der Waals surface area contributed by atoms with Crippen molar-refractivity contribution >= 4 is 11.9 Å². The molecule has 158 valence electrons. The van der Waals surface area contributed by atoms with Gasteiger partial charge in [-0.1, -0.05) is 12.8 Å². The minimum atomic E-state index is -0.0814. The summed E-state index contributed by atoms with van der Waals surface area (Å²) in [4.78, 5) is 18.0. The van der Waals surface area contributed by atoms with E-state index < -0.39 is 0 Å². The minimum Gasteiger partial charge on any atom is -0.466 e. The van der Waals surface area contributed by atoms with Crippen LogP contribution < -0.4 is 5.32 Å². The van der Waals surface area contributed by atoms with E-state index in [-0.39, 0.29) is 5.97 Å². The Morgan fingerprint density at radius 1 is 1.11 bits per heavy atom. The van der Waals surface area contributed by atoms with Gasteiger partial charge in [0.25, 0.3) is 0 Å². The number of ether oxygens (including phenoxy) is 3. The molecule has 0 aromatic carbocycles. The van der Waals surface area contributed by atoms with E-state index in [2.05, 4.69) is 15.2 Å². The lowest BCUT2D eigenvalue weighted by Crippen LogP contribution is -2.47. The fourth-order valence-electron chi connectivity index (χ4n) is 3.20. The Kier molecular flexibility index (Phi) is 13.8. The molecule has 1 saturated heterocycles. The van der Waals surface area contributed by atoms with Crippen molar-refractivity contribution in [2.24, 2.45) is 4.99 Å². The molecule has 0 atom stereocenters. The Labute approximate surface area is 164 Å². The highest BCUT2D eigenvalue weighted by atomic mass is 16.5. The van der Waals surface area contributed by atoms with E-state index in [4.69, 9.17) is 14.2 Å². The Morgan fingerprint density at radius 3 is 2.52 bits per heavy atom. The van der Waals surface area contributed by atoms with Crippen LogP contribution in [0.3, 0.4) is 0 Å². The predicted molar refractivity (Wildman–Crippen MR) is 108 cm³/mol. The quantitative estimate of drug-likeness (QED) is 0.227. The van der Waals surface area contributed by atoms with E-state index in [0.29, 0.717) is 19.1 Å². The monoisotopic (exact) mass is 385 g/mol. The molecule has 0 radical (unpaired) electrons. The van der Waals surface area contributed by atoms with Crippen molar-refractivity contribution in [2.75, 3.05) is 53.6 Å². The summed E-state index contributed by atoms with van der Waals surface area (Å²) >= 11 is 0. The van der Waals surface area contributed by atoms with Crippen LogP contribution in [0.2, 0.25) is 0 Å². The number of carbonyl (C=O) groups is 1. The molecular formula is C20H39N3O4. The third-order valence-electron chi connectivity index (χ3n) is 4.70. The highest BCUT2D eigenvalue weighted by Crippen LogP contribution is 2.14.